The summed E-state index contributed by atoms with van der Waals surface area (Å²) in [6.07, 6.45) is 14.6. The van der Waals surface area contributed by atoms with Gasteiger partial charge in [0.15, 0.2) is 0 Å². The summed E-state index contributed by atoms with van der Waals surface area (Å²) >= 11 is 0. The number of hydrogen-bond donors (Lipinski definition) is 0. The molecule has 0 fully saturated rings. The number of ether oxygens (including phenoxy) is 4. The first-order chi connectivity index (χ1) is 21.7. The van der Waals surface area contributed by atoms with Crippen LogP contribution in [0.2, 0.25) is 0 Å². The molecule has 4 nitrogen and oxygen atoms in total. The lowest BCUT2D eigenvalue weighted by atomic mass is 9.94. The van der Waals surface area contributed by atoms with Crippen LogP contribution in [-0.2, 0) is 9.47 Å². The zero-order valence-electron chi connectivity index (χ0n) is 28.0. The zero-order valence-corrected chi connectivity index (χ0v) is 28.0. The summed E-state index contributed by atoms with van der Waals surface area (Å²) in [6, 6.07) is 25.4. The third-order valence-electron chi connectivity index (χ3n) is 8.05. The molecule has 3 aromatic rings. The van der Waals surface area contributed by atoms with Gasteiger partial charge < -0.3 is 18.9 Å². The molecule has 0 heterocycles. The van der Waals surface area contributed by atoms with Crippen molar-refractivity contribution in [3.8, 4) is 33.8 Å². The Morgan fingerprint density at radius 2 is 1.02 bits per heavy atom. The highest BCUT2D eigenvalue weighted by molar-refractivity contribution is 5.84. The van der Waals surface area contributed by atoms with Crippen LogP contribution in [0.3, 0.4) is 0 Å². The van der Waals surface area contributed by atoms with Gasteiger partial charge in [-0.15, -0.1) is 0 Å². The molecule has 0 radical (unpaired) electrons. The van der Waals surface area contributed by atoms with Crippen LogP contribution in [0, 0.1) is 0 Å². The molecule has 0 aliphatic rings. The molecule has 0 aliphatic heterocycles. The highest BCUT2D eigenvalue weighted by Crippen LogP contribution is 2.35. The first-order valence-electron chi connectivity index (χ1n) is 17.5. The van der Waals surface area contributed by atoms with Gasteiger partial charge in [0.05, 0.1) is 13.2 Å². The van der Waals surface area contributed by atoms with Crippen molar-refractivity contribution in [2.75, 3.05) is 19.8 Å². The smallest absolute Gasteiger partial charge is 0.226 e. The highest BCUT2D eigenvalue weighted by Gasteiger charge is 2.24. The quantitative estimate of drug-likeness (QED) is 0.0755. The molecule has 44 heavy (non-hydrogen) atoms. The lowest BCUT2D eigenvalue weighted by Gasteiger charge is -2.27. The Labute approximate surface area is 268 Å². The standard InChI is InChI=1S/C40H58O4/c1-5-9-12-13-14-19-28-41-35-24-20-22-33(31-35)37-26-15-16-27-38(37)34-23-21-25-36(32-34)44-40(43-30-18-11-7-3)39(8-4)42-29-17-10-6-2/h15-16,20-27,31-32,39-40H,5-14,17-19,28-30H2,1-4H3/t39-,40+/m0/s1. The molecule has 0 saturated carbocycles. The van der Waals surface area contributed by atoms with E-state index in [4.69, 9.17) is 18.9 Å². The Morgan fingerprint density at radius 1 is 0.500 bits per heavy atom. The summed E-state index contributed by atoms with van der Waals surface area (Å²) in [5.74, 6) is 1.72. The predicted octanol–water partition coefficient (Wildman–Crippen LogP) is 11.7. The van der Waals surface area contributed by atoms with Gasteiger partial charge in [0.2, 0.25) is 6.29 Å². The van der Waals surface area contributed by atoms with Gasteiger partial charge in [-0.2, -0.15) is 0 Å². The predicted molar refractivity (Wildman–Crippen MR) is 186 cm³/mol. The number of benzene rings is 3. The molecular weight excluding hydrogens is 544 g/mol. The fraction of sp³-hybridized carbons (Fsp3) is 0.550. The van der Waals surface area contributed by atoms with E-state index in [9.17, 15) is 0 Å². The molecule has 2 atom stereocenters. The van der Waals surface area contributed by atoms with Crippen molar-refractivity contribution < 1.29 is 18.9 Å². The lowest BCUT2D eigenvalue weighted by Crippen LogP contribution is -2.37. The van der Waals surface area contributed by atoms with E-state index >= 15 is 0 Å². The van der Waals surface area contributed by atoms with Gasteiger partial charge in [0.25, 0.3) is 0 Å². The van der Waals surface area contributed by atoms with Crippen LogP contribution < -0.4 is 9.47 Å². The van der Waals surface area contributed by atoms with Crippen LogP contribution >= 0.6 is 0 Å². The molecule has 0 aliphatic carbocycles. The average Bonchev–Trinajstić information content (AvgIpc) is 3.06. The monoisotopic (exact) mass is 602 g/mol. The van der Waals surface area contributed by atoms with E-state index in [1.807, 2.05) is 6.07 Å². The Morgan fingerprint density at radius 3 is 1.66 bits per heavy atom. The van der Waals surface area contributed by atoms with Gasteiger partial charge in [-0.1, -0.05) is 134 Å². The molecular formula is C40H58O4. The van der Waals surface area contributed by atoms with Gasteiger partial charge >= 0.3 is 0 Å². The molecule has 0 saturated heterocycles. The third-order valence-corrected chi connectivity index (χ3v) is 8.05. The Balaban J connectivity index is 1.74. The van der Waals surface area contributed by atoms with Crippen molar-refractivity contribution >= 4 is 0 Å². The Bertz CT molecular complexity index is 1160. The first kappa shape index (κ1) is 35.7. The van der Waals surface area contributed by atoms with Crippen molar-refractivity contribution in [3.05, 3.63) is 72.8 Å². The average molecular weight is 603 g/mol. The van der Waals surface area contributed by atoms with Crippen molar-refractivity contribution in [3.63, 3.8) is 0 Å². The van der Waals surface area contributed by atoms with Gasteiger partial charge in [0.1, 0.15) is 17.6 Å². The van der Waals surface area contributed by atoms with E-state index in [0.29, 0.717) is 6.61 Å². The van der Waals surface area contributed by atoms with Crippen LogP contribution in [0.15, 0.2) is 72.8 Å². The Kier molecular flexibility index (Phi) is 17.7. The fourth-order valence-electron chi connectivity index (χ4n) is 5.43. The van der Waals surface area contributed by atoms with Gasteiger partial charge in [0, 0.05) is 6.61 Å². The number of unbranched alkanes of at least 4 members (excludes halogenated alkanes) is 9. The summed E-state index contributed by atoms with van der Waals surface area (Å²) in [5.41, 5.74) is 4.59. The van der Waals surface area contributed by atoms with Crippen molar-refractivity contribution in [1.29, 1.82) is 0 Å². The SMILES string of the molecule is CCCCCCCCOc1cccc(-c2ccccc2-c2cccc(O[C@@H](OCCCCC)[C@H](CC)OCCCCC)c2)c1. The summed E-state index contributed by atoms with van der Waals surface area (Å²) in [4.78, 5) is 0. The van der Waals surface area contributed by atoms with E-state index in [1.54, 1.807) is 0 Å². The van der Waals surface area contributed by atoms with Gasteiger partial charge in [-0.3, -0.25) is 0 Å². The largest absolute Gasteiger partial charge is 0.494 e. The molecule has 4 heteroatoms. The minimum atomic E-state index is -0.440. The fourth-order valence-corrected chi connectivity index (χ4v) is 5.43. The summed E-state index contributed by atoms with van der Waals surface area (Å²) in [6.45, 7) is 11.0. The van der Waals surface area contributed by atoms with E-state index in [2.05, 4.69) is 94.4 Å². The molecule has 0 N–H and O–H groups in total. The van der Waals surface area contributed by atoms with Crippen LogP contribution in [0.1, 0.15) is 111 Å². The molecule has 0 amide bonds. The van der Waals surface area contributed by atoms with Crippen LogP contribution in [0.4, 0.5) is 0 Å². The zero-order chi connectivity index (χ0) is 31.2. The molecule has 3 rings (SSSR count). The molecule has 242 valence electrons. The minimum absolute atomic E-state index is 0.108. The van der Waals surface area contributed by atoms with Crippen LogP contribution in [0.25, 0.3) is 22.3 Å². The van der Waals surface area contributed by atoms with E-state index in [1.165, 1.54) is 50.5 Å². The third kappa shape index (κ3) is 12.7. The lowest BCUT2D eigenvalue weighted by molar-refractivity contribution is -0.165. The molecule has 0 bridgehead atoms. The molecule has 0 unspecified atom stereocenters. The van der Waals surface area contributed by atoms with Crippen molar-refractivity contribution in [1.82, 2.24) is 0 Å². The van der Waals surface area contributed by atoms with Crippen LogP contribution in [-0.4, -0.2) is 32.2 Å². The first-order valence-corrected chi connectivity index (χ1v) is 17.5. The number of hydrogen-bond acceptors (Lipinski definition) is 4. The van der Waals surface area contributed by atoms with Gasteiger partial charge in [-0.25, -0.2) is 0 Å². The maximum absolute atomic E-state index is 6.55. The van der Waals surface area contributed by atoms with Crippen molar-refractivity contribution in [2.45, 2.75) is 124 Å². The van der Waals surface area contributed by atoms with Crippen molar-refractivity contribution in [2.24, 2.45) is 0 Å². The van der Waals surface area contributed by atoms with E-state index in [0.717, 1.165) is 79.9 Å². The molecule has 0 aromatic heterocycles. The second-order valence-corrected chi connectivity index (χ2v) is 11.8. The second-order valence-electron chi connectivity index (χ2n) is 11.8. The molecule has 3 aromatic carbocycles. The number of rotatable bonds is 24. The van der Waals surface area contributed by atoms with Crippen LogP contribution in [0.5, 0.6) is 11.5 Å². The Hall–Kier alpha value is -2.82. The maximum atomic E-state index is 6.55. The topological polar surface area (TPSA) is 36.9 Å². The normalized spacial score (nSPS) is 12.6. The summed E-state index contributed by atoms with van der Waals surface area (Å²) in [5, 5.41) is 0. The molecule has 0 spiro atoms. The van der Waals surface area contributed by atoms with E-state index < -0.39 is 6.29 Å². The summed E-state index contributed by atoms with van der Waals surface area (Å²) < 4.78 is 25.3. The maximum Gasteiger partial charge on any atom is 0.226 e. The van der Waals surface area contributed by atoms with Gasteiger partial charge in [-0.05, 0) is 72.2 Å². The van der Waals surface area contributed by atoms with E-state index in [-0.39, 0.29) is 6.10 Å². The second kappa shape index (κ2) is 21.8. The summed E-state index contributed by atoms with van der Waals surface area (Å²) in [7, 11) is 0. The minimum Gasteiger partial charge on any atom is -0.494 e. The highest BCUT2D eigenvalue weighted by atomic mass is 16.7.